The van der Waals surface area contributed by atoms with E-state index < -0.39 is 5.60 Å². The molecule has 1 saturated heterocycles. The summed E-state index contributed by atoms with van der Waals surface area (Å²) in [6.07, 6.45) is 1.90. The molecule has 1 heterocycles. The minimum absolute atomic E-state index is 0.199. The minimum atomic E-state index is -0.582. The molecule has 2 atom stereocenters. The van der Waals surface area contributed by atoms with Crippen LogP contribution >= 0.6 is 15.9 Å². The first kappa shape index (κ1) is 14.0. The Morgan fingerprint density at radius 1 is 1.44 bits per heavy atom. The zero-order valence-electron chi connectivity index (χ0n) is 10.8. The van der Waals surface area contributed by atoms with Gasteiger partial charge in [0.05, 0.1) is 5.60 Å². The first-order valence-electron chi connectivity index (χ1n) is 6.44. The number of nitrogens with zero attached hydrogens (tertiary/aromatic N) is 1. The first-order chi connectivity index (χ1) is 8.52. The maximum absolute atomic E-state index is 10.2. The van der Waals surface area contributed by atoms with Gasteiger partial charge in [0, 0.05) is 23.6 Å². The maximum Gasteiger partial charge on any atom is 0.0746 e. The second-order valence-electron chi connectivity index (χ2n) is 5.37. The SMILES string of the molecule is CC1(O)CCCN(C(CN)c2ccc(Br)cc2)C1. The van der Waals surface area contributed by atoms with Gasteiger partial charge in [-0.05, 0) is 44.0 Å². The number of hydrogen-bond acceptors (Lipinski definition) is 3. The van der Waals surface area contributed by atoms with Gasteiger partial charge in [0.2, 0.25) is 0 Å². The molecule has 3 N–H and O–H groups in total. The molecule has 0 spiro atoms. The van der Waals surface area contributed by atoms with Gasteiger partial charge in [0.15, 0.2) is 0 Å². The van der Waals surface area contributed by atoms with Crippen LogP contribution in [0.25, 0.3) is 0 Å². The van der Waals surface area contributed by atoms with Crippen LogP contribution in [0.4, 0.5) is 0 Å². The number of rotatable bonds is 3. The molecule has 0 amide bonds. The van der Waals surface area contributed by atoms with E-state index >= 15 is 0 Å². The van der Waals surface area contributed by atoms with Crippen LogP contribution in [0.15, 0.2) is 28.7 Å². The number of benzene rings is 1. The summed E-state index contributed by atoms with van der Waals surface area (Å²) in [5.41, 5.74) is 6.57. The van der Waals surface area contributed by atoms with E-state index in [0.717, 1.165) is 23.9 Å². The number of hydrogen-bond donors (Lipinski definition) is 2. The summed E-state index contributed by atoms with van der Waals surface area (Å²) in [5.74, 6) is 0. The van der Waals surface area contributed by atoms with Crippen LogP contribution in [-0.4, -0.2) is 35.2 Å². The van der Waals surface area contributed by atoms with E-state index in [0.29, 0.717) is 13.1 Å². The van der Waals surface area contributed by atoms with Crippen LogP contribution in [0.1, 0.15) is 31.4 Å². The van der Waals surface area contributed by atoms with Gasteiger partial charge in [0.25, 0.3) is 0 Å². The summed E-state index contributed by atoms with van der Waals surface area (Å²) in [5, 5.41) is 10.2. The number of halogens is 1. The molecule has 100 valence electrons. The van der Waals surface area contributed by atoms with Crippen LogP contribution < -0.4 is 5.73 Å². The van der Waals surface area contributed by atoms with E-state index in [2.05, 4.69) is 33.0 Å². The van der Waals surface area contributed by atoms with Gasteiger partial charge in [-0.15, -0.1) is 0 Å². The van der Waals surface area contributed by atoms with Crippen LogP contribution in [0, 0.1) is 0 Å². The fourth-order valence-corrected chi connectivity index (χ4v) is 2.97. The van der Waals surface area contributed by atoms with Crippen molar-refractivity contribution in [1.29, 1.82) is 0 Å². The summed E-state index contributed by atoms with van der Waals surface area (Å²) >= 11 is 3.45. The molecule has 2 unspecified atom stereocenters. The fourth-order valence-electron chi connectivity index (χ4n) is 2.71. The lowest BCUT2D eigenvalue weighted by Gasteiger charge is -2.41. The molecule has 1 aliphatic heterocycles. The second-order valence-corrected chi connectivity index (χ2v) is 6.29. The van der Waals surface area contributed by atoms with Gasteiger partial charge in [-0.1, -0.05) is 28.1 Å². The summed E-state index contributed by atoms with van der Waals surface area (Å²) in [4.78, 5) is 2.30. The molecule has 1 fully saturated rings. The molecule has 3 nitrogen and oxygen atoms in total. The molecular weight excluding hydrogens is 292 g/mol. The average molecular weight is 313 g/mol. The monoisotopic (exact) mass is 312 g/mol. The van der Waals surface area contributed by atoms with Gasteiger partial charge >= 0.3 is 0 Å². The maximum atomic E-state index is 10.2. The normalized spacial score (nSPS) is 27.1. The third-order valence-electron chi connectivity index (χ3n) is 3.62. The summed E-state index contributed by atoms with van der Waals surface area (Å²) in [7, 11) is 0. The smallest absolute Gasteiger partial charge is 0.0746 e. The molecule has 2 rings (SSSR count). The largest absolute Gasteiger partial charge is 0.389 e. The molecule has 18 heavy (non-hydrogen) atoms. The molecule has 4 heteroatoms. The predicted molar refractivity (Wildman–Crippen MR) is 77.4 cm³/mol. The van der Waals surface area contributed by atoms with Gasteiger partial charge in [0.1, 0.15) is 0 Å². The van der Waals surface area contributed by atoms with Crippen molar-refractivity contribution in [3.8, 4) is 0 Å². The number of piperidine rings is 1. The molecular formula is C14H21BrN2O. The molecule has 1 aliphatic rings. The lowest BCUT2D eigenvalue weighted by Crippen LogP contribution is -2.48. The highest BCUT2D eigenvalue weighted by Crippen LogP contribution is 2.28. The summed E-state index contributed by atoms with van der Waals surface area (Å²) in [6, 6.07) is 8.49. The molecule has 0 saturated carbocycles. The second kappa shape index (κ2) is 5.70. The average Bonchev–Trinajstić information content (AvgIpc) is 2.31. The minimum Gasteiger partial charge on any atom is -0.389 e. The Kier molecular flexibility index (Phi) is 4.43. The Labute approximate surface area is 117 Å². The predicted octanol–water partition coefficient (Wildman–Crippen LogP) is 2.30. The molecule has 0 aromatic heterocycles. The van der Waals surface area contributed by atoms with E-state index in [9.17, 15) is 5.11 Å². The van der Waals surface area contributed by atoms with Crippen molar-refractivity contribution in [2.24, 2.45) is 5.73 Å². The van der Waals surface area contributed by atoms with Crippen LogP contribution in [-0.2, 0) is 0 Å². The zero-order chi connectivity index (χ0) is 13.2. The van der Waals surface area contributed by atoms with Crippen LogP contribution in [0.5, 0.6) is 0 Å². The van der Waals surface area contributed by atoms with Gasteiger partial charge in [-0.3, -0.25) is 4.90 Å². The fraction of sp³-hybridized carbons (Fsp3) is 0.571. The molecule has 0 radical (unpaired) electrons. The number of nitrogens with two attached hydrogens (primary N) is 1. The zero-order valence-corrected chi connectivity index (χ0v) is 12.4. The van der Waals surface area contributed by atoms with E-state index in [1.165, 1.54) is 5.56 Å². The van der Waals surface area contributed by atoms with Crippen molar-refractivity contribution in [2.45, 2.75) is 31.4 Å². The Morgan fingerprint density at radius 3 is 2.67 bits per heavy atom. The van der Waals surface area contributed by atoms with Crippen molar-refractivity contribution >= 4 is 15.9 Å². The van der Waals surface area contributed by atoms with E-state index in [-0.39, 0.29) is 6.04 Å². The van der Waals surface area contributed by atoms with Crippen molar-refractivity contribution in [1.82, 2.24) is 4.90 Å². The number of aliphatic hydroxyl groups is 1. The van der Waals surface area contributed by atoms with E-state index in [4.69, 9.17) is 5.73 Å². The summed E-state index contributed by atoms with van der Waals surface area (Å²) in [6.45, 7) is 4.20. The van der Waals surface area contributed by atoms with E-state index in [1.54, 1.807) is 0 Å². The Hall–Kier alpha value is -0.420. The Bertz CT molecular complexity index is 391. The third-order valence-corrected chi connectivity index (χ3v) is 4.15. The van der Waals surface area contributed by atoms with Crippen molar-refractivity contribution < 1.29 is 5.11 Å². The van der Waals surface area contributed by atoms with Gasteiger partial charge in [-0.25, -0.2) is 0 Å². The molecule has 0 aliphatic carbocycles. The topological polar surface area (TPSA) is 49.5 Å². The molecule has 1 aromatic carbocycles. The van der Waals surface area contributed by atoms with Crippen LogP contribution in [0.2, 0.25) is 0 Å². The number of β-amino-alcohol motifs (C(OH)–C–C–N with tert-alkyl or cyclic N) is 1. The van der Waals surface area contributed by atoms with Crippen molar-refractivity contribution in [2.75, 3.05) is 19.6 Å². The summed E-state index contributed by atoms with van der Waals surface area (Å²) < 4.78 is 1.08. The highest BCUT2D eigenvalue weighted by atomic mass is 79.9. The Morgan fingerprint density at radius 2 is 2.11 bits per heavy atom. The standard InChI is InChI=1S/C14H21BrN2O/c1-14(18)7-2-8-17(10-14)13(9-16)11-3-5-12(15)6-4-11/h3-6,13,18H,2,7-10,16H2,1H3. The highest BCUT2D eigenvalue weighted by molar-refractivity contribution is 9.10. The molecule has 0 bridgehead atoms. The van der Waals surface area contributed by atoms with Gasteiger partial charge in [-0.2, -0.15) is 0 Å². The van der Waals surface area contributed by atoms with Crippen molar-refractivity contribution in [3.63, 3.8) is 0 Å². The van der Waals surface area contributed by atoms with Crippen LogP contribution in [0.3, 0.4) is 0 Å². The third kappa shape index (κ3) is 3.32. The highest BCUT2D eigenvalue weighted by Gasteiger charge is 2.32. The Balaban J connectivity index is 2.15. The quantitative estimate of drug-likeness (QED) is 0.900. The van der Waals surface area contributed by atoms with Gasteiger partial charge < -0.3 is 10.8 Å². The molecule has 1 aromatic rings. The van der Waals surface area contributed by atoms with Crippen molar-refractivity contribution in [3.05, 3.63) is 34.3 Å². The van der Waals surface area contributed by atoms with E-state index in [1.807, 2.05) is 19.1 Å². The lowest BCUT2D eigenvalue weighted by molar-refractivity contribution is -0.0292. The lowest BCUT2D eigenvalue weighted by atomic mass is 9.92. The number of likely N-dealkylation sites (tertiary alicyclic amines) is 1. The first-order valence-corrected chi connectivity index (χ1v) is 7.23.